The highest BCUT2D eigenvalue weighted by molar-refractivity contribution is 9.10. The fourth-order valence-electron chi connectivity index (χ4n) is 1.18. The fourth-order valence-corrected chi connectivity index (χ4v) is 2.05. The molecule has 0 bridgehead atoms. The summed E-state index contributed by atoms with van der Waals surface area (Å²) in [6.45, 7) is 4.19. The minimum Gasteiger partial charge on any atom is -0.387 e. The summed E-state index contributed by atoms with van der Waals surface area (Å²) < 4.78 is 0. The maximum Gasteiger partial charge on any atom is 0.234 e. The summed E-state index contributed by atoms with van der Waals surface area (Å²) in [5.74, 6) is 0.155. The number of halogens is 1. The Morgan fingerprint density at radius 3 is 2.81 bits per heavy atom. The van der Waals surface area contributed by atoms with Crippen LogP contribution >= 0.6 is 27.3 Å². The van der Waals surface area contributed by atoms with E-state index >= 15 is 0 Å². The third kappa shape index (κ3) is 3.88. The first kappa shape index (κ1) is 13.7. The molecule has 0 aliphatic rings. The van der Waals surface area contributed by atoms with Crippen LogP contribution in [0.3, 0.4) is 0 Å². The molecule has 1 aromatic heterocycles. The van der Waals surface area contributed by atoms with Crippen LogP contribution in [0.25, 0.3) is 0 Å². The lowest BCUT2D eigenvalue weighted by Crippen LogP contribution is -2.36. The summed E-state index contributed by atoms with van der Waals surface area (Å²) in [4.78, 5) is 11.4. The van der Waals surface area contributed by atoms with Crippen LogP contribution in [-0.2, 0) is 4.79 Å². The Morgan fingerprint density at radius 1 is 1.62 bits per heavy atom. The molecule has 2 atom stereocenters. The number of carbonyl (C=O) groups excluding carboxylic acids is 1. The van der Waals surface area contributed by atoms with Crippen molar-refractivity contribution in [2.45, 2.75) is 24.8 Å². The third-order valence-electron chi connectivity index (χ3n) is 2.23. The van der Waals surface area contributed by atoms with Gasteiger partial charge in [-0.25, -0.2) is 0 Å². The molecule has 1 amide bonds. The standard InChI is InChI=1S/C11H16BrNO2S/c1-7(2)10(12)11(15)13-5-9(14)8-3-4-16-6-8/h3-4,6-7,9-10,14H,5H2,1-2H3,(H,13,15). The number of amides is 1. The molecule has 0 aliphatic carbocycles. The van der Waals surface area contributed by atoms with E-state index in [-0.39, 0.29) is 23.2 Å². The van der Waals surface area contributed by atoms with Crippen LogP contribution in [-0.4, -0.2) is 22.4 Å². The molecule has 0 aromatic carbocycles. The quantitative estimate of drug-likeness (QED) is 0.820. The Kier molecular flexibility index (Phi) is 5.44. The number of nitrogens with one attached hydrogen (secondary N) is 1. The summed E-state index contributed by atoms with van der Waals surface area (Å²) >= 11 is 4.85. The van der Waals surface area contributed by atoms with E-state index in [1.165, 1.54) is 11.3 Å². The second-order valence-electron chi connectivity index (χ2n) is 3.96. The molecule has 0 aliphatic heterocycles. The first-order chi connectivity index (χ1) is 7.52. The van der Waals surface area contributed by atoms with Gasteiger partial charge in [-0.2, -0.15) is 11.3 Å². The van der Waals surface area contributed by atoms with E-state index in [4.69, 9.17) is 0 Å². The van der Waals surface area contributed by atoms with Crippen molar-refractivity contribution in [2.24, 2.45) is 5.92 Å². The molecular formula is C11H16BrNO2S. The SMILES string of the molecule is CC(C)C(Br)C(=O)NCC(O)c1ccsc1. The number of alkyl halides is 1. The normalized spacial score (nSPS) is 14.8. The van der Waals surface area contributed by atoms with Crippen LogP contribution in [0, 0.1) is 5.92 Å². The average molecular weight is 306 g/mol. The highest BCUT2D eigenvalue weighted by atomic mass is 79.9. The Bertz CT molecular complexity index is 327. The maximum atomic E-state index is 11.6. The van der Waals surface area contributed by atoms with Crippen LogP contribution in [0.15, 0.2) is 16.8 Å². The summed E-state index contributed by atoms with van der Waals surface area (Å²) in [7, 11) is 0. The van der Waals surface area contributed by atoms with Crippen LogP contribution < -0.4 is 5.32 Å². The summed E-state index contributed by atoms with van der Waals surface area (Å²) in [5.41, 5.74) is 0.848. The maximum absolute atomic E-state index is 11.6. The number of hydrogen-bond acceptors (Lipinski definition) is 3. The molecule has 0 saturated heterocycles. The van der Waals surface area contributed by atoms with Crippen LogP contribution in [0.4, 0.5) is 0 Å². The Hall–Kier alpha value is -0.390. The Balaban J connectivity index is 2.37. The first-order valence-corrected chi connectivity index (χ1v) is 7.00. The molecule has 0 radical (unpaired) electrons. The smallest absolute Gasteiger partial charge is 0.234 e. The zero-order valence-electron chi connectivity index (χ0n) is 9.31. The molecule has 0 spiro atoms. The molecule has 0 saturated carbocycles. The summed E-state index contributed by atoms with van der Waals surface area (Å²) in [6.07, 6.45) is -0.623. The van der Waals surface area contributed by atoms with E-state index in [2.05, 4.69) is 21.2 Å². The monoisotopic (exact) mass is 305 g/mol. The molecule has 2 N–H and O–H groups in total. The number of carbonyl (C=O) groups is 1. The number of aliphatic hydroxyl groups is 1. The third-order valence-corrected chi connectivity index (χ3v) is 4.41. The van der Waals surface area contributed by atoms with Gasteiger partial charge in [0.2, 0.25) is 5.91 Å². The van der Waals surface area contributed by atoms with Gasteiger partial charge in [-0.3, -0.25) is 4.79 Å². The molecule has 0 fully saturated rings. The lowest BCUT2D eigenvalue weighted by atomic mass is 10.1. The van der Waals surface area contributed by atoms with Gasteiger partial charge in [0.1, 0.15) is 0 Å². The van der Waals surface area contributed by atoms with Crippen LogP contribution in [0.5, 0.6) is 0 Å². The van der Waals surface area contributed by atoms with E-state index in [0.29, 0.717) is 0 Å². The molecular weight excluding hydrogens is 290 g/mol. The lowest BCUT2D eigenvalue weighted by molar-refractivity contribution is -0.121. The summed E-state index contributed by atoms with van der Waals surface area (Å²) in [5, 5.41) is 16.3. The van der Waals surface area contributed by atoms with E-state index in [0.717, 1.165) is 5.56 Å². The zero-order valence-corrected chi connectivity index (χ0v) is 11.7. The van der Waals surface area contributed by atoms with Crippen molar-refractivity contribution >= 4 is 33.2 Å². The van der Waals surface area contributed by atoms with Gasteiger partial charge in [0, 0.05) is 6.54 Å². The molecule has 90 valence electrons. The molecule has 1 aromatic rings. The van der Waals surface area contributed by atoms with Gasteiger partial charge < -0.3 is 10.4 Å². The van der Waals surface area contributed by atoms with E-state index in [9.17, 15) is 9.90 Å². The van der Waals surface area contributed by atoms with Crippen molar-refractivity contribution in [3.8, 4) is 0 Å². The molecule has 16 heavy (non-hydrogen) atoms. The molecule has 3 nitrogen and oxygen atoms in total. The van der Waals surface area contributed by atoms with Gasteiger partial charge in [0.15, 0.2) is 0 Å². The first-order valence-electron chi connectivity index (χ1n) is 5.14. The number of thiophene rings is 1. The van der Waals surface area contributed by atoms with Crippen molar-refractivity contribution in [3.05, 3.63) is 22.4 Å². The minimum atomic E-state index is -0.623. The number of rotatable bonds is 5. The van der Waals surface area contributed by atoms with Gasteiger partial charge in [0.25, 0.3) is 0 Å². The van der Waals surface area contributed by atoms with Crippen LogP contribution in [0.1, 0.15) is 25.5 Å². The average Bonchev–Trinajstić information content (AvgIpc) is 2.77. The van der Waals surface area contributed by atoms with E-state index in [1.54, 1.807) is 0 Å². The van der Waals surface area contributed by atoms with Crippen molar-refractivity contribution in [1.82, 2.24) is 5.32 Å². The summed E-state index contributed by atoms with van der Waals surface area (Å²) in [6, 6.07) is 1.86. The van der Waals surface area contributed by atoms with Crippen molar-refractivity contribution in [3.63, 3.8) is 0 Å². The fraction of sp³-hybridized carbons (Fsp3) is 0.545. The van der Waals surface area contributed by atoms with Crippen molar-refractivity contribution < 1.29 is 9.90 Å². The van der Waals surface area contributed by atoms with Gasteiger partial charge in [0.05, 0.1) is 10.9 Å². The van der Waals surface area contributed by atoms with Crippen LogP contribution in [0.2, 0.25) is 0 Å². The van der Waals surface area contributed by atoms with Gasteiger partial charge in [-0.05, 0) is 28.3 Å². The predicted molar refractivity (Wildman–Crippen MR) is 69.8 cm³/mol. The van der Waals surface area contributed by atoms with Crippen molar-refractivity contribution in [2.75, 3.05) is 6.54 Å². The predicted octanol–water partition coefficient (Wildman–Crippen LogP) is 2.32. The van der Waals surface area contributed by atoms with E-state index < -0.39 is 6.10 Å². The number of hydrogen-bond donors (Lipinski definition) is 2. The second kappa shape index (κ2) is 6.37. The molecule has 1 rings (SSSR count). The molecule has 5 heteroatoms. The molecule has 1 heterocycles. The zero-order chi connectivity index (χ0) is 12.1. The van der Waals surface area contributed by atoms with Crippen molar-refractivity contribution in [1.29, 1.82) is 0 Å². The Morgan fingerprint density at radius 2 is 2.31 bits per heavy atom. The highest BCUT2D eigenvalue weighted by Crippen LogP contribution is 2.16. The topological polar surface area (TPSA) is 49.3 Å². The number of aliphatic hydroxyl groups excluding tert-OH is 1. The van der Waals surface area contributed by atoms with Gasteiger partial charge in [-0.1, -0.05) is 29.8 Å². The highest BCUT2D eigenvalue weighted by Gasteiger charge is 2.19. The van der Waals surface area contributed by atoms with Gasteiger partial charge in [-0.15, -0.1) is 0 Å². The largest absolute Gasteiger partial charge is 0.387 e. The molecule has 2 unspecified atom stereocenters. The second-order valence-corrected chi connectivity index (χ2v) is 5.73. The Labute approximate surface area is 108 Å². The van der Waals surface area contributed by atoms with E-state index in [1.807, 2.05) is 30.7 Å². The minimum absolute atomic E-state index is 0.0794. The lowest BCUT2D eigenvalue weighted by Gasteiger charge is -2.15. The van der Waals surface area contributed by atoms with Gasteiger partial charge >= 0.3 is 0 Å².